The van der Waals surface area contributed by atoms with Gasteiger partial charge >= 0.3 is 0 Å². The summed E-state index contributed by atoms with van der Waals surface area (Å²) in [5.41, 5.74) is 0. The topological polar surface area (TPSA) is 64.9 Å². The number of hydrogen-bond donors (Lipinski definition) is 1. The summed E-state index contributed by atoms with van der Waals surface area (Å²) >= 11 is 1.63. The second-order valence-corrected chi connectivity index (χ2v) is 5.95. The highest BCUT2D eigenvalue weighted by molar-refractivity contribution is 7.18. The normalized spacial score (nSPS) is 11.0. The van der Waals surface area contributed by atoms with Crippen LogP contribution in [0.5, 0.6) is 11.6 Å². The first-order valence-corrected chi connectivity index (χ1v) is 7.67. The van der Waals surface area contributed by atoms with E-state index in [0.717, 1.165) is 23.2 Å². The zero-order valence-electron chi connectivity index (χ0n) is 12.3. The van der Waals surface area contributed by atoms with Crippen LogP contribution in [0, 0.1) is 6.92 Å². The molecule has 0 aliphatic rings. The molecule has 0 fully saturated rings. The molecule has 0 aliphatic heterocycles. The molecule has 0 bridgehead atoms. The number of aryl methyl sites for hydroxylation is 2. The van der Waals surface area contributed by atoms with Gasteiger partial charge in [0.25, 0.3) is 0 Å². The van der Waals surface area contributed by atoms with Gasteiger partial charge < -0.3 is 10.1 Å². The first-order chi connectivity index (χ1) is 10.2. The Bertz CT molecular complexity index is 764. The van der Waals surface area contributed by atoms with Crippen molar-refractivity contribution in [1.29, 1.82) is 0 Å². The van der Waals surface area contributed by atoms with Gasteiger partial charge in [0.2, 0.25) is 11.8 Å². The number of fused-ring (bicyclic) bond motifs is 1. The highest BCUT2D eigenvalue weighted by Crippen LogP contribution is 2.33. The van der Waals surface area contributed by atoms with Crippen molar-refractivity contribution in [2.75, 3.05) is 12.4 Å². The van der Waals surface area contributed by atoms with Gasteiger partial charge in [-0.05, 0) is 19.4 Å². The van der Waals surface area contributed by atoms with Gasteiger partial charge in [0, 0.05) is 18.5 Å². The molecule has 0 aromatic carbocycles. The fraction of sp³-hybridized carbons (Fsp3) is 0.357. The van der Waals surface area contributed by atoms with E-state index in [1.165, 1.54) is 4.88 Å². The Labute approximate surface area is 126 Å². The maximum atomic E-state index is 5.91. The zero-order valence-corrected chi connectivity index (χ0v) is 13.1. The van der Waals surface area contributed by atoms with E-state index in [9.17, 15) is 0 Å². The number of anilines is 1. The molecule has 0 saturated heterocycles. The summed E-state index contributed by atoms with van der Waals surface area (Å²) < 4.78 is 7.77. The number of rotatable bonds is 5. The van der Waals surface area contributed by atoms with Crippen molar-refractivity contribution in [3.05, 3.63) is 23.3 Å². The average molecular weight is 303 g/mol. The lowest BCUT2D eigenvalue weighted by atomic mass is 10.3. The van der Waals surface area contributed by atoms with Crippen LogP contribution < -0.4 is 10.1 Å². The Kier molecular flexibility index (Phi) is 3.74. The SMILES string of the molecule is CCCn1cc(Oc2nc(NC)nc3sc(C)cc23)cn1. The minimum atomic E-state index is 0.556. The third-order valence-electron chi connectivity index (χ3n) is 2.98. The molecule has 0 atom stereocenters. The number of thiophene rings is 1. The molecule has 6 nitrogen and oxygen atoms in total. The number of nitrogens with one attached hydrogen (secondary N) is 1. The minimum absolute atomic E-state index is 0.556. The van der Waals surface area contributed by atoms with E-state index in [-0.39, 0.29) is 0 Å². The monoisotopic (exact) mass is 303 g/mol. The highest BCUT2D eigenvalue weighted by atomic mass is 32.1. The van der Waals surface area contributed by atoms with Gasteiger partial charge in [0.1, 0.15) is 4.83 Å². The van der Waals surface area contributed by atoms with Gasteiger partial charge in [0.05, 0.1) is 17.8 Å². The van der Waals surface area contributed by atoms with E-state index in [2.05, 4.69) is 34.2 Å². The molecule has 0 saturated carbocycles. The lowest BCUT2D eigenvalue weighted by Gasteiger charge is -2.05. The molecular weight excluding hydrogens is 286 g/mol. The predicted molar refractivity (Wildman–Crippen MR) is 84.3 cm³/mol. The summed E-state index contributed by atoms with van der Waals surface area (Å²) in [5.74, 6) is 1.81. The molecule has 3 heterocycles. The van der Waals surface area contributed by atoms with Crippen molar-refractivity contribution in [1.82, 2.24) is 19.7 Å². The lowest BCUT2D eigenvalue weighted by molar-refractivity contribution is 0.467. The summed E-state index contributed by atoms with van der Waals surface area (Å²) in [6.45, 7) is 5.04. The molecule has 0 aliphatic carbocycles. The first-order valence-electron chi connectivity index (χ1n) is 6.86. The smallest absolute Gasteiger partial charge is 0.233 e. The van der Waals surface area contributed by atoms with Crippen LogP contribution in [0.15, 0.2) is 18.5 Å². The van der Waals surface area contributed by atoms with Crippen molar-refractivity contribution in [2.45, 2.75) is 26.8 Å². The molecule has 21 heavy (non-hydrogen) atoms. The van der Waals surface area contributed by atoms with E-state index in [1.54, 1.807) is 24.6 Å². The Morgan fingerprint density at radius 2 is 2.24 bits per heavy atom. The summed E-state index contributed by atoms with van der Waals surface area (Å²) in [4.78, 5) is 11.0. The summed E-state index contributed by atoms with van der Waals surface area (Å²) in [6.07, 6.45) is 4.63. The molecule has 0 spiro atoms. The van der Waals surface area contributed by atoms with Crippen LogP contribution in [0.4, 0.5) is 5.95 Å². The lowest BCUT2D eigenvalue weighted by Crippen LogP contribution is -1.98. The van der Waals surface area contributed by atoms with Crippen molar-refractivity contribution in [3.8, 4) is 11.6 Å². The van der Waals surface area contributed by atoms with Gasteiger partial charge in [-0.2, -0.15) is 10.1 Å². The molecule has 1 N–H and O–H groups in total. The first kappa shape index (κ1) is 13.8. The van der Waals surface area contributed by atoms with Gasteiger partial charge in [0.15, 0.2) is 5.75 Å². The van der Waals surface area contributed by atoms with Crippen LogP contribution in [0.1, 0.15) is 18.2 Å². The molecule has 3 aromatic rings. The zero-order chi connectivity index (χ0) is 14.8. The van der Waals surface area contributed by atoms with Gasteiger partial charge in [-0.15, -0.1) is 11.3 Å². The van der Waals surface area contributed by atoms with Crippen LogP contribution in [0.2, 0.25) is 0 Å². The van der Waals surface area contributed by atoms with E-state index in [4.69, 9.17) is 4.74 Å². The van der Waals surface area contributed by atoms with Gasteiger partial charge in [-0.1, -0.05) is 6.92 Å². The highest BCUT2D eigenvalue weighted by Gasteiger charge is 2.13. The quantitative estimate of drug-likeness (QED) is 0.782. The Morgan fingerprint density at radius 1 is 1.38 bits per heavy atom. The second kappa shape index (κ2) is 5.69. The molecule has 0 radical (unpaired) electrons. The summed E-state index contributed by atoms with van der Waals surface area (Å²) in [6, 6.07) is 2.05. The molecule has 110 valence electrons. The van der Waals surface area contributed by atoms with Crippen molar-refractivity contribution >= 4 is 27.5 Å². The Morgan fingerprint density at radius 3 is 3.00 bits per heavy atom. The van der Waals surface area contributed by atoms with Gasteiger partial charge in [-0.3, -0.25) is 4.68 Å². The van der Waals surface area contributed by atoms with E-state index >= 15 is 0 Å². The molecular formula is C14H17N5OS. The summed E-state index contributed by atoms with van der Waals surface area (Å²) in [5, 5.41) is 8.16. The molecule has 7 heteroatoms. The standard InChI is InChI=1S/C14H17N5OS/c1-4-5-19-8-10(7-16-19)20-12-11-6-9(2)21-13(11)18-14(15-3)17-12/h6-8H,4-5H2,1-3H3,(H,15,17,18). The fourth-order valence-corrected chi connectivity index (χ4v) is 2.94. The van der Waals surface area contributed by atoms with Crippen molar-refractivity contribution in [2.24, 2.45) is 0 Å². The number of nitrogens with zero attached hydrogens (tertiary/aromatic N) is 4. The van der Waals surface area contributed by atoms with E-state index in [0.29, 0.717) is 17.6 Å². The van der Waals surface area contributed by atoms with Crippen LogP contribution >= 0.6 is 11.3 Å². The fourth-order valence-electron chi connectivity index (χ4n) is 2.07. The third-order valence-corrected chi connectivity index (χ3v) is 3.93. The number of ether oxygens (including phenoxy) is 1. The Balaban J connectivity index is 1.97. The average Bonchev–Trinajstić information content (AvgIpc) is 3.05. The maximum Gasteiger partial charge on any atom is 0.233 e. The van der Waals surface area contributed by atoms with E-state index < -0.39 is 0 Å². The Hall–Kier alpha value is -2.15. The van der Waals surface area contributed by atoms with Crippen LogP contribution in [-0.2, 0) is 6.54 Å². The van der Waals surface area contributed by atoms with Crippen molar-refractivity contribution < 1.29 is 4.74 Å². The molecule has 3 rings (SSSR count). The van der Waals surface area contributed by atoms with Crippen molar-refractivity contribution in [3.63, 3.8) is 0 Å². The largest absolute Gasteiger partial charge is 0.435 e. The third kappa shape index (κ3) is 2.82. The molecule has 0 unspecified atom stereocenters. The number of aromatic nitrogens is 4. The second-order valence-electron chi connectivity index (χ2n) is 4.72. The molecule has 3 aromatic heterocycles. The maximum absolute atomic E-state index is 5.91. The minimum Gasteiger partial charge on any atom is -0.435 e. The molecule has 0 amide bonds. The van der Waals surface area contributed by atoms with Crippen LogP contribution in [-0.4, -0.2) is 26.8 Å². The van der Waals surface area contributed by atoms with Gasteiger partial charge in [-0.25, -0.2) is 4.98 Å². The number of hydrogen-bond acceptors (Lipinski definition) is 6. The van der Waals surface area contributed by atoms with E-state index in [1.807, 2.05) is 16.9 Å². The predicted octanol–water partition coefficient (Wildman–Crippen LogP) is 3.44. The van der Waals surface area contributed by atoms with Crippen LogP contribution in [0.3, 0.4) is 0 Å². The summed E-state index contributed by atoms with van der Waals surface area (Å²) in [7, 11) is 1.80. The van der Waals surface area contributed by atoms with Crippen LogP contribution in [0.25, 0.3) is 10.2 Å².